The lowest BCUT2D eigenvalue weighted by atomic mass is 10.0. The molecule has 148 valence electrons. The normalized spacial score (nSPS) is 21.2. The number of carbonyl (C=O) groups is 3. The van der Waals surface area contributed by atoms with Gasteiger partial charge in [0.2, 0.25) is 11.8 Å². The van der Waals surface area contributed by atoms with E-state index < -0.39 is 6.04 Å². The molecule has 0 aromatic heterocycles. The number of nitrogens with one attached hydrogen (secondary N) is 1. The number of rotatable bonds is 8. The molecule has 2 aliphatic heterocycles. The largest absolute Gasteiger partial charge is 0.371 e. The highest BCUT2D eigenvalue weighted by molar-refractivity contribution is 6.05. The number of hydrogen-bond acceptors (Lipinski definition) is 5. The van der Waals surface area contributed by atoms with Gasteiger partial charge in [0.05, 0.1) is 0 Å². The fourth-order valence-corrected chi connectivity index (χ4v) is 3.36. The zero-order chi connectivity index (χ0) is 20.1. The molecule has 2 heterocycles. The molecular formula is C20H30N4O3. The van der Waals surface area contributed by atoms with E-state index in [1.165, 1.54) is 0 Å². The van der Waals surface area contributed by atoms with Crippen molar-refractivity contribution >= 4 is 17.7 Å². The number of carbonyl (C=O) groups excluding carboxylic acids is 3. The van der Waals surface area contributed by atoms with E-state index in [2.05, 4.69) is 28.6 Å². The third-order valence-electron chi connectivity index (χ3n) is 5.09. The summed E-state index contributed by atoms with van der Waals surface area (Å²) >= 11 is 0. The molecule has 1 fully saturated rings. The minimum atomic E-state index is -0.584. The van der Waals surface area contributed by atoms with Crippen molar-refractivity contribution < 1.29 is 14.4 Å². The number of piperidine rings is 1. The second-order valence-electron chi connectivity index (χ2n) is 7.21. The summed E-state index contributed by atoms with van der Waals surface area (Å²) < 4.78 is 0. The SMILES string of the molecule is C=C/C(=C\C1=C(C)C(=O)N(C2CCC(=O)NC2=O)C1)N(CC)CCN(C)C. The predicted molar refractivity (Wildman–Crippen MR) is 105 cm³/mol. The van der Waals surface area contributed by atoms with E-state index in [1.807, 2.05) is 20.2 Å². The van der Waals surface area contributed by atoms with Gasteiger partial charge >= 0.3 is 0 Å². The van der Waals surface area contributed by atoms with E-state index in [-0.39, 0.29) is 24.1 Å². The van der Waals surface area contributed by atoms with Gasteiger partial charge in [0.25, 0.3) is 5.91 Å². The number of likely N-dealkylation sites (N-methyl/N-ethyl adjacent to an activating group) is 2. The third-order valence-corrected chi connectivity index (χ3v) is 5.09. The summed E-state index contributed by atoms with van der Waals surface area (Å²) in [5.41, 5.74) is 2.50. The quantitative estimate of drug-likeness (QED) is 0.505. The Balaban J connectivity index is 2.18. The van der Waals surface area contributed by atoms with Gasteiger partial charge in [-0.2, -0.15) is 0 Å². The van der Waals surface area contributed by atoms with Crippen molar-refractivity contribution in [2.24, 2.45) is 0 Å². The predicted octanol–water partition coefficient (Wildman–Crippen LogP) is 0.904. The summed E-state index contributed by atoms with van der Waals surface area (Å²) in [7, 11) is 4.07. The van der Waals surface area contributed by atoms with Crippen molar-refractivity contribution in [1.82, 2.24) is 20.0 Å². The summed E-state index contributed by atoms with van der Waals surface area (Å²) in [5, 5.41) is 2.33. The maximum absolute atomic E-state index is 12.7. The van der Waals surface area contributed by atoms with Gasteiger partial charge in [-0.05, 0) is 52.1 Å². The Hall–Kier alpha value is -2.41. The van der Waals surface area contributed by atoms with E-state index in [4.69, 9.17) is 0 Å². The monoisotopic (exact) mass is 374 g/mol. The third kappa shape index (κ3) is 4.86. The van der Waals surface area contributed by atoms with Crippen molar-refractivity contribution in [3.05, 3.63) is 35.6 Å². The summed E-state index contributed by atoms with van der Waals surface area (Å²) in [5.74, 6) is -0.806. The molecule has 0 radical (unpaired) electrons. The van der Waals surface area contributed by atoms with E-state index >= 15 is 0 Å². The molecule has 1 unspecified atom stereocenters. The molecule has 0 saturated carbocycles. The van der Waals surface area contributed by atoms with E-state index in [0.29, 0.717) is 18.5 Å². The molecule has 7 heteroatoms. The number of nitrogens with zero attached hydrogens (tertiary/aromatic N) is 3. The number of allylic oxidation sites excluding steroid dienone is 1. The van der Waals surface area contributed by atoms with Gasteiger partial charge in [-0.3, -0.25) is 19.7 Å². The summed E-state index contributed by atoms with van der Waals surface area (Å²) in [6, 6.07) is -0.584. The molecular weight excluding hydrogens is 344 g/mol. The summed E-state index contributed by atoms with van der Waals surface area (Å²) in [6.45, 7) is 10.8. The first-order chi connectivity index (χ1) is 12.8. The van der Waals surface area contributed by atoms with Gasteiger partial charge in [-0.25, -0.2) is 0 Å². The van der Waals surface area contributed by atoms with Crippen LogP contribution in [-0.2, 0) is 14.4 Å². The molecule has 27 heavy (non-hydrogen) atoms. The van der Waals surface area contributed by atoms with Crippen molar-refractivity contribution in [2.45, 2.75) is 32.7 Å². The molecule has 0 aliphatic carbocycles. The Bertz CT molecular complexity index is 693. The average Bonchev–Trinajstić information content (AvgIpc) is 2.89. The summed E-state index contributed by atoms with van der Waals surface area (Å²) in [6.07, 6.45) is 4.43. The Morgan fingerprint density at radius 3 is 2.56 bits per heavy atom. The molecule has 0 spiro atoms. The highest BCUT2D eigenvalue weighted by Gasteiger charge is 2.38. The maximum Gasteiger partial charge on any atom is 0.250 e. The average molecular weight is 374 g/mol. The van der Waals surface area contributed by atoms with Crippen molar-refractivity contribution in [1.29, 1.82) is 0 Å². The Morgan fingerprint density at radius 2 is 2.00 bits per heavy atom. The molecule has 0 aromatic rings. The Morgan fingerprint density at radius 1 is 1.30 bits per heavy atom. The van der Waals surface area contributed by atoms with Crippen LogP contribution >= 0.6 is 0 Å². The smallest absolute Gasteiger partial charge is 0.250 e. The van der Waals surface area contributed by atoms with Crippen LogP contribution in [0.1, 0.15) is 26.7 Å². The standard InChI is InChI=1S/C20H30N4O3/c1-6-16(23(7-2)11-10-22(4)5)12-15-13-24(20(27)14(15)3)17-8-9-18(25)21-19(17)26/h6,12,17H,1,7-11,13H2,2-5H3,(H,21,25,26)/b16-12+. The van der Waals surface area contributed by atoms with Crippen LogP contribution in [0, 0.1) is 0 Å². The van der Waals surface area contributed by atoms with Crippen LogP contribution in [-0.4, -0.2) is 78.7 Å². The van der Waals surface area contributed by atoms with Crippen molar-refractivity contribution in [2.75, 3.05) is 40.3 Å². The zero-order valence-electron chi connectivity index (χ0n) is 16.7. The van der Waals surface area contributed by atoms with Crippen LogP contribution in [0.3, 0.4) is 0 Å². The number of amides is 3. The van der Waals surface area contributed by atoms with Gasteiger partial charge in [0, 0.05) is 43.9 Å². The molecule has 7 nitrogen and oxygen atoms in total. The van der Waals surface area contributed by atoms with E-state index in [9.17, 15) is 14.4 Å². The highest BCUT2D eigenvalue weighted by atomic mass is 16.2. The minimum absolute atomic E-state index is 0.143. The van der Waals surface area contributed by atoms with Crippen LogP contribution in [0.15, 0.2) is 35.6 Å². The van der Waals surface area contributed by atoms with Crippen LogP contribution < -0.4 is 5.32 Å². The second kappa shape index (κ2) is 8.99. The first kappa shape index (κ1) is 20.9. The zero-order valence-corrected chi connectivity index (χ0v) is 16.7. The second-order valence-corrected chi connectivity index (χ2v) is 7.21. The molecule has 3 amide bonds. The molecule has 1 saturated heterocycles. The fourth-order valence-electron chi connectivity index (χ4n) is 3.36. The van der Waals surface area contributed by atoms with Crippen LogP contribution in [0.25, 0.3) is 0 Å². The van der Waals surface area contributed by atoms with Crippen molar-refractivity contribution in [3.8, 4) is 0 Å². The topological polar surface area (TPSA) is 73.0 Å². The molecule has 0 aromatic carbocycles. The van der Waals surface area contributed by atoms with Crippen LogP contribution in [0.2, 0.25) is 0 Å². The lowest BCUT2D eigenvalue weighted by molar-refractivity contribution is -0.142. The van der Waals surface area contributed by atoms with Gasteiger partial charge in [0.15, 0.2) is 0 Å². The number of imide groups is 1. The first-order valence-corrected chi connectivity index (χ1v) is 9.36. The lowest BCUT2D eigenvalue weighted by Crippen LogP contribution is -2.53. The maximum atomic E-state index is 12.7. The molecule has 2 rings (SSSR count). The Kier molecular flexibility index (Phi) is 6.96. The minimum Gasteiger partial charge on any atom is -0.371 e. The lowest BCUT2D eigenvalue weighted by Gasteiger charge is -2.30. The van der Waals surface area contributed by atoms with Crippen LogP contribution in [0.4, 0.5) is 0 Å². The van der Waals surface area contributed by atoms with Crippen molar-refractivity contribution in [3.63, 3.8) is 0 Å². The molecule has 1 atom stereocenters. The Labute approximate surface area is 161 Å². The van der Waals surface area contributed by atoms with Gasteiger partial charge in [0.1, 0.15) is 6.04 Å². The summed E-state index contributed by atoms with van der Waals surface area (Å²) in [4.78, 5) is 42.1. The van der Waals surface area contributed by atoms with Gasteiger partial charge in [-0.15, -0.1) is 0 Å². The van der Waals surface area contributed by atoms with Crippen LogP contribution in [0.5, 0.6) is 0 Å². The van der Waals surface area contributed by atoms with Gasteiger partial charge < -0.3 is 14.7 Å². The van der Waals surface area contributed by atoms with E-state index in [1.54, 1.807) is 17.9 Å². The highest BCUT2D eigenvalue weighted by Crippen LogP contribution is 2.26. The number of hydrogen-bond donors (Lipinski definition) is 1. The molecule has 2 aliphatic rings. The molecule has 0 bridgehead atoms. The van der Waals surface area contributed by atoms with Gasteiger partial charge in [-0.1, -0.05) is 6.58 Å². The fraction of sp³-hybridized carbons (Fsp3) is 0.550. The van der Waals surface area contributed by atoms with E-state index in [0.717, 1.165) is 30.9 Å². The molecule has 1 N–H and O–H groups in total. The first-order valence-electron chi connectivity index (χ1n) is 9.36.